The minimum absolute atomic E-state index is 0.158. The largest absolute Gasteiger partial charge is 0.469 e. The smallest absolute Gasteiger partial charge is 0.329 e. The third-order valence-electron chi connectivity index (χ3n) is 5.16. The molecule has 1 N–H and O–H groups in total. The number of hydrogen-bond donors (Lipinski definition) is 1. The second-order valence-corrected chi connectivity index (χ2v) is 7.74. The van der Waals surface area contributed by atoms with Crippen LogP contribution in [0.2, 0.25) is 0 Å². The molecule has 8 nitrogen and oxygen atoms in total. The number of rotatable bonds is 8. The number of amides is 2. The first-order valence-electron chi connectivity index (χ1n) is 10.2. The van der Waals surface area contributed by atoms with Gasteiger partial charge < -0.3 is 19.7 Å². The molecule has 1 aromatic rings. The molecule has 1 aliphatic rings. The fourth-order valence-corrected chi connectivity index (χ4v) is 3.35. The summed E-state index contributed by atoms with van der Waals surface area (Å²) in [4.78, 5) is 50.3. The summed E-state index contributed by atoms with van der Waals surface area (Å²) in [6.07, 6.45) is 1.21. The average Bonchev–Trinajstić information content (AvgIpc) is 2.75. The lowest BCUT2D eigenvalue weighted by Gasteiger charge is -2.30. The van der Waals surface area contributed by atoms with E-state index in [9.17, 15) is 19.2 Å². The monoisotopic (exact) mass is 418 g/mol. The minimum atomic E-state index is -0.834. The Morgan fingerprint density at radius 1 is 1.10 bits per heavy atom. The Morgan fingerprint density at radius 3 is 2.30 bits per heavy atom. The van der Waals surface area contributed by atoms with Crippen LogP contribution in [0.15, 0.2) is 30.3 Å². The molecule has 1 aromatic carbocycles. The summed E-state index contributed by atoms with van der Waals surface area (Å²) < 4.78 is 9.93. The summed E-state index contributed by atoms with van der Waals surface area (Å²) in [6, 6.07) is 8.39. The summed E-state index contributed by atoms with van der Waals surface area (Å²) >= 11 is 0. The number of nitrogens with one attached hydrogen (secondary N) is 1. The number of hydrogen-bond acceptors (Lipinski definition) is 6. The van der Waals surface area contributed by atoms with Crippen LogP contribution in [0.5, 0.6) is 0 Å². The zero-order valence-electron chi connectivity index (χ0n) is 17.8. The summed E-state index contributed by atoms with van der Waals surface area (Å²) in [5.41, 5.74) is 0.844. The van der Waals surface area contributed by atoms with Crippen molar-refractivity contribution in [3.8, 4) is 0 Å². The highest BCUT2D eigenvalue weighted by Gasteiger charge is 2.30. The van der Waals surface area contributed by atoms with Crippen molar-refractivity contribution >= 4 is 23.8 Å². The van der Waals surface area contributed by atoms with E-state index in [-0.39, 0.29) is 42.6 Å². The van der Waals surface area contributed by atoms with E-state index in [1.54, 1.807) is 18.7 Å². The van der Waals surface area contributed by atoms with E-state index in [4.69, 9.17) is 9.47 Å². The van der Waals surface area contributed by atoms with Gasteiger partial charge in [-0.1, -0.05) is 44.2 Å². The van der Waals surface area contributed by atoms with Gasteiger partial charge in [0.25, 0.3) is 5.91 Å². The fraction of sp³-hybridized carbons (Fsp3) is 0.545. The third-order valence-corrected chi connectivity index (χ3v) is 5.16. The lowest BCUT2D eigenvalue weighted by atomic mass is 9.97. The van der Waals surface area contributed by atoms with E-state index >= 15 is 0 Å². The second kappa shape index (κ2) is 11.3. The van der Waals surface area contributed by atoms with Gasteiger partial charge in [-0.05, 0) is 24.3 Å². The standard InChI is InChI=1S/C22H30N2O6/c1-15(2)20(23-18(25)13-16-7-5-4-6-8-16)22(28)30-14-19(26)24-11-9-17(10-12-24)21(27)29-3/h4-8,15,17,20H,9-14H2,1-3H3,(H,23,25)/t20-/m0/s1. The molecule has 0 aliphatic carbocycles. The van der Waals surface area contributed by atoms with Gasteiger partial charge in [0.05, 0.1) is 19.4 Å². The number of benzene rings is 1. The molecular formula is C22H30N2O6. The molecule has 30 heavy (non-hydrogen) atoms. The van der Waals surface area contributed by atoms with Crippen LogP contribution >= 0.6 is 0 Å². The number of carbonyl (C=O) groups is 4. The maximum Gasteiger partial charge on any atom is 0.329 e. The Kier molecular flexibility index (Phi) is 8.83. The van der Waals surface area contributed by atoms with Crippen LogP contribution < -0.4 is 5.32 Å². The van der Waals surface area contributed by atoms with Crippen LogP contribution in [0.25, 0.3) is 0 Å². The Balaban J connectivity index is 1.81. The molecule has 1 saturated heterocycles. The molecule has 0 radical (unpaired) electrons. The second-order valence-electron chi connectivity index (χ2n) is 7.74. The van der Waals surface area contributed by atoms with Crippen molar-refractivity contribution in [2.45, 2.75) is 39.2 Å². The van der Waals surface area contributed by atoms with Gasteiger partial charge >= 0.3 is 11.9 Å². The van der Waals surface area contributed by atoms with Gasteiger partial charge in [0.1, 0.15) is 6.04 Å². The zero-order valence-corrected chi connectivity index (χ0v) is 17.8. The quantitative estimate of drug-likeness (QED) is 0.639. The molecule has 8 heteroatoms. The summed E-state index contributed by atoms with van der Waals surface area (Å²) in [5, 5.41) is 2.70. The molecular weight excluding hydrogens is 388 g/mol. The topological polar surface area (TPSA) is 102 Å². The first-order chi connectivity index (χ1) is 14.3. The molecule has 2 amide bonds. The van der Waals surface area contributed by atoms with Crippen molar-refractivity contribution in [3.05, 3.63) is 35.9 Å². The van der Waals surface area contributed by atoms with Gasteiger partial charge in [0.2, 0.25) is 5.91 Å². The first kappa shape index (κ1) is 23.4. The van der Waals surface area contributed by atoms with Crippen LogP contribution in [0, 0.1) is 11.8 Å². The van der Waals surface area contributed by atoms with Crippen LogP contribution in [-0.4, -0.2) is 61.5 Å². The number of esters is 2. The number of nitrogens with zero attached hydrogens (tertiary/aromatic N) is 1. The normalized spacial score (nSPS) is 15.4. The van der Waals surface area contributed by atoms with Crippen molar-refractivity contribution in [1.82, 2.24) is 10.2 Å². The Bertz CT molecular complexity index is 741. The lowest BCUT2D eigenvalue weighted by molar-refractivity contribution is -0.156. The Labute approximate surface area is 176 Å². The van der Waals surface area contributed by atoms with Crippen LogP contribution in [0.1, 0.15) is 32.3 Å². The highest BCUT2D eigenvalue weighted by molar-refractivity contribution is 5.87. The fourth-order valence-electron chi connectivity index (χ4n) is 3.35. The minimum Gasteiger partial charge on any atom is -0.469 e. The van der Waals surface area contributed by atoms with Crippen LogP contribution in [0.4, 0.5) is 0 Å². The van der Waals surface area contributed by atoms with Crippen molar-refractivity contribution in [2.24, 2.45) is 11.8 Å². The molecule has 1 heterocycles. The predicted octanol–water partition coefficient (Wildman–Crippen LogP) is 1.32. The highest BCUT2D eigenvalue weighted by Crippen LogP contribution is 2.18. The van der Waals surface area contributed by atoms with Crippen molar-refractivity contribution in [1.29, 1.82) is 0 Å². The number of methoxy groups -OCH3 is 1. The van der Waals surface area contributed by atoms with Crippen molar-refractivity contribution in [3.63, 3.8) is 0 Å². The summed E-state index contributed by atoms with van der Waals surface area (Å²) in [6.45, 7) is 4.04. The average molecular weight is 418 g/mol. The highest BCUT2D eigenvalue weighted by atomic mass is 16.5. The van der Waals surface area contributed by atoms with E-state index in [2.05, 4.69) is 5.32 Å². The predicted molar refractivity (Wildman–Crippen MR) is 109 cm³/mol. The van der Waals surface area contributed by atoms with Gasteiger partial charge in [-0.2, -0.15) is 0 Å². The van der Waals surface area contributed by atoms with Crippen LogP contribution in [0.3, 0.4) is 0 Å². The Morgan fingerprint density at radius 2 is 1.73 bits per heavy atom. The molecule has 0 saturated carbocycles. The number of likely N-dealkylation sites (tertiary alicyclic amines) is 1. The van der Waals surface area contributed by atoms with E-state index in [1.165, 1.54) is 7.11 Å². The molecule has 1 atom stereocenters. The van der Waals surface area contributed by atoms with Gasteiger partial charge in [0, 0.05) is 13.1 Å². The SMILES string of the molecule is COC(=O)C1CCN(C(=O)COC(=O)[C@@H](NC(=O)Cc2ccccc2)C(C)C)CC1. The number of carbonyl (C=O) groups excluding carboxylic acids is 4. The molecule has 2 rings (SSSR count). The number of piperidine rings is 1. The maximum absolute atomic E-state index is 12.5. The molecule has 0 spiro atoms. The number of ether oxygens (including phenoxy) is 2. The van der Waals surface area contributed by atoms with E-state index in [1.807, 2.05) is 30.3 Å². The molecule has 0 unspecified atom stereocenters. The van der Waals surface area contributed by atoms with Crippen molar-refractivity contribution < 1.29 is 28.7 Å². The van der Waals surface area contributed by atoms with Gasteiger partial charge in [-0.3, -0.25) is 14.4 Å². The van der Waals surface area contributed by atoms with E-state index < -0.39 is 12.0 Å². The molecule has 164 valence electrons. The summed E-state index contributed by atoms with van der Waals surface area (Å²) in [5.74, 6) is -1.89. The molecule has 1 fully saturated rings. The summed E-state index contributed by atoms with van der Waals surface area (Å²) in [7, 11) is 1.35. The van der Waals surface area contributed by atoms with Gasteiger partial charge in [0.15, 0.2) is 6.61 Å². The molecule has 0 aromatic heterocycles. The lowest BCUT2D eigenvalue weighted by Crippen LogP contribution is -2.47. The van der Waals surface area contributed by atoms with Crippen molar-refractivity contribution in [2.75, 3.05) is 26.8 Å². The molecule has 0 bridgehead atoms. The van der Waals surface area contributed by atoms with Crippen LogP contribution in [-0.2, 0) is 35.1 Å². The zero-order chi connectivity index (χ0) is 22.1. The van der Waals surface area contributed by atoms with Gasteiger partial charge in [-0.15, -0.1) is 0 Å². The van der Waals surface area contributed by atoms with E-state index in [0.717, 1.165) is 5.56 Å². The molecule has 1 aliphatic heterocycles. The van der Waals surface area contributed by atoms with Gasteiger partial charge in [-0.25, -0.2) is 4.79 Å². The third kappa shape index (κ3) is 6.86. The van der Waals surface area contributed by atoms with E-state index in [0.29, 0.717) is 25.9 Å². The first-order valence-corrected chi connectivity index (χ1v) is 10.2. The Hall–Kier alpha value is -2.90. The maximum atomic E-state index is 12.5.